The van der Waals surface area contributed by atoms with Crippen molar-refractivity contribution in [2.45, 2.75) is 32.3 Å². The highest BCUT2D eigenvalue weighted by Gasteiger charge is 2.27. The fraction of sp³-hybridized carbons (Fsp3) is 0.400. The number of aliphatic hydroxyl groups is 1. The van der Waals surface area contributed by atoms with Crippen molar-refractivity contribution in [2.75, 3.05) is 13.6 Å². The van der Waals surface area contributed by atoms with Crippen molar-refractivity contribution in [1.29, 1.82) is 0 Å². The quantitative estimate of drug-likeness (QED) is 0.939. The van der Waals surface area contributed by atoms with Crippen molar-refractivity contribution in [3.05, 3.63) is 53.9 Å². The van der Waals surface area contributed by atoms with Gasteiger partial charge in [0.25, 0.3) is 5.91 Å². The first-order valence-corrected chi connectivity index (χ1v) is 8.50. The largest absolute Gasteiger partial charge is 0.393 e. The van der Waals surface area contributed by atoms with Crippen LogP contribution in [0.15, 0.2) is 42.7 Å². The smallest absolute Gasteiger partial charge is 0.255 e. The highest BCUT2D eigenvalue weighted by molar-refractivity contribution is 5.95. The summed E-state index contributed by atoms with van der Waals surface area (Å²) in [5.41, 5.74) is 3.77. The van der Waals surface area contributed by atoms with Gasteiger partial charge in [0.05, 0.1) is 11.7 Å². The van der Waals surface area contributed by atoms with E-state index in [1.54, 1.807) is 24.3 Å². The minimum absolute atomic E-state index is 0.0453. The Morgan fingerprint density at radius 2 is 2.08 bits per heavy atom. The van der Waals surface area contributed by atoms with Gasteiger partial charge in [-0.1, -0.05) is 36.2 Å². The van der Waals surface area contributed by atoms with Gasteiger partial charge in [-0.05, 0) is 31.4 Å². The summed E-state index contributed by atoms with van der Waals surface area (Å²) in [6.45, 7) is 2.64. The summed E-state index contributed by atoms with van der Waals surface area (Å²) >= 11 is 0. The number of nitrogens with zero attached hydrogens (tertiary/aromatic N) is 2. The molecular weight excluding hydrogens is 300 g/mol. The number of aryl methyl sites for hydroxylation is 1. The third-order valence-electron chi connectivity index (χ3n) is 4.81. The summed E-state index contributed by atoms with van der Waals surface area (Å²) < 4.78 is 0. The van der Waals surface area contributed by atoms with Gasteiger partial charge < -0.3 is 10.0 Å². The lowest BCUT2D eigenvalue weighted by molar-refractivity contribution is 0.0693. The monoisotopic (exact) mass is 324 g/mol. The van der Waals surface area contributed by atoms with Crippen molar-refractivity contribution >= 4 is 5.91 Å². The molecule has 1 aromatic heterocycles. The third kappa shape index (κ3) is 3.65. The minimum Gasteiger partial charge on any atom is -0.393 e. The van der Waals surface area contributed by atoms with E-state index in [0.29, 0.717) is 12.1 Å². The van der Waals surface area contributed by atoms with Crippen LogP contribution in [0, 0.1) is 12.8 Å². The number of carbonyl (C=O) groups is 1. The van der Waals surface area contributed by atoms with Gasteiger partial charge in [0.2, 0.25) is 0 Å². The predicted octanol–water partition coefficient (Wildman–Crippen LogP) is 3.29. The Morgan fingerprint density at radius 3 is 2.79 bits per heavy atom. The third-order valence-corrected chi connectivity index (χ3v) is 4.81. The number of hydrogen-bond acceptors (Lipinski definition) is 3. The minimum atomic E-state index is -0.281. The van der Waals surface area contributed by atoms with E-state index in [0.717, 1.165) is 30.4 Å². The van der Waals surface area contributed by atoms with E-state index in [-0.39, 0.29) is 17.9 Å². The maximum Gasteiger partial charge on any atom is 0.255 e. The van der Waals surface area contributed by atoms with Gasteiger partial charge in [-0.3, -0.25) is 9.78 Å². The lowest BCUT2D eigenvalue weighted by Crippen LogP contribution is -2.34. The van der Waals surface area contributed by atoms with E-state index in [4.69, 9.17) is 0 Å². The maximum atomic E-state index is 12.7. The molecule has 1 fully saturated rings. The summed E-state index contributed by atoms with van der Waals surface area (Å²) in [4.78, 5) is 18.6. The molecule has 1 aliphatic rings. The number of aromatic nitrogens is 1. The first kappa shape index (κ1) is 16.7. The predicted molar refractivity (Wildman–Crippen MR) is 94.7 cm³/mol. The van der Waals surface area contributed by atoms with Gasteiger partial charge in [0, 0.05) is 37.5 Å². The van der Waals surface area contributed by atoms with Crippen molar-refractivity contribution in [3.8, 4) is 11.1 Å². The second-order valence-electron chi connectivity index (χ2n) is 6.78. The van der Waals surface area contributed by atoms with Crippen LogP contribution >= 0.6 is 0 Å². The van der Waals surface area contributed by atoms with Gasteiger partial charge in [-0.15, -0.1) is 0 Å². The fourth-order valence-corrected chi connectivity index (χ4v) is 3.42. The zero-order valence-electron chi connectivity index (χ0n) is 14.3. The average molecular weight is 324 g/mol. The van der Waals surface area contributed by atoms with Crippen LogP contribution in [0.1, 0.15) is 35.2 Å². The van der Waals surface area contributed by atoms with E-state index >= 15 is 0 Å². The molecule has 2 unspecified atom stereocenters. The Hall–Kier alpha value is -2.20. The second kappa shape index (κ2) is 7.14. The van der Waals surface area contributed by atoms with E-state index in [1.807, 2.05) is 31.2 Å². The molecule has 1 heterocycles. The van der Waals surface area contributed by atoms with Crippen LogP contribution in [0.2, 0.25) is 0 Å². The van der Waals surface area contributed by atoms with E-state index in [2.05, 4.69) is 11.1 Å². The molecule has 1 aromatic carbocycles. The SMILES string of the molecule is Cc1cccc(-c2cncc(C(=O)N(C)CC3CCCC3O)c2)c1. The van der Waals surface area contributed by atoms with Crippen molar-refractivity contribution in [3.63, 3.8) is 0 Å². The normalized spacial score (nSPS) is 20.1. The summed E-state index contributed by atoms with van der Waals surface area (Å²) in [6, 6.07) is 10.1. The highest BCUT2D eigenvalue weighted by atomic mass is 16.3. The molecule has 0 saturated heterocycles. The van der Waals surface area contributed by atoms with Crippen LogP contribution in [-0.2, 0) is 0 Å². The zero-order valence-corrected chi connectivity index (χ0v) is 14.3. The van der Waals surface area contributed by atoms with Gasteiger partial charge in [-0.25, -0.2) is 0 Å². The number of hydrogen-bond donors (Lipinski definition) is 1. The fourth-order valence-electron chi connectivity index (χ4n) is 3.42. The van der Waals surface area contributed by atoms with Gasteiger partial charge >= 0.3 is 0 Å². The molecule has 4 nitrogen and oxygen atoms in total. The van der Waals surface area contributed by atoms with Crippen LogP contribution in [0.5, 0.6) is 0 Å². The molecule has 0 bridgehead atoms. The molecular formula is C20H24N2O2. The molecule has 24 heavy (non-hydrogen) atoms. The maximum absolute atomic E-state index is 12.7. The van der Waals surface area contributed by atoms with Crippen LogP contribution in [-0.4, -0.2) is 40.6 Å². The summed E-state index contributed by atoms with van der Waals surface area (Å²) in [6.07, 6.45) is 5.99. The molecule has 0 spiro atoms. The van der Waals surface area contributed by atoms with Crippen LogP contribution in [0.4, 0.5) is 0 Å². The van der Waals surface area contributed by atoms with E-state index in [9.17, 15) is 9.90 Å². The Balaban J connectivity index is 1.76. The molecule has 1 N–H and O–H groups in total. The number of rotatable bonds is 4. The Bertz CT molecular complexity index is 729. The number of pyridine rings is 1. The topological polar surface area (TPSA) is 53.4 Å². The van der Waals surface area contributed by atoms with Gasteiger partial charge in [-0.2, -0.15) is 0 Å². The standard InChI is InChI=1S/C20H24N2O2/c1-14-5-3-6-15(9-14)17-10-18(12-21-11-17)20(24)22(2)13-16-7-4-8-19(16)23/h3,5-6,9-12,16,19,23H,4,7-8,13H2,1-2H3. The van der Waals surface area contributed by atoms with Gasteiger partial charge in [0.15, 0.2) is 0 Å². The first-order valence-electron chi connectivity index (χ1n) is 8.50. The molecule has 2 aromatic rings. The molecule has 0 radical (unpaired) electrons. The molecule has 2 atom stereocenters. The van der Waals surface area contributed by atoms with Crippen molar-refractivity contribution in [1.82, 2.24) is 9.88 Å². The Kier molecular flexibility index (Phi) is 4.95. The number of amides is 1. The number of carbonyl (C=O) groups excluding carboxylic acids is 1. The number of benzene rings is 1. The highest BCUT2D eigenvalue weighted by Crippen LogP contribution is 2.26. The van der Waals surface area contributed by atoms with Crippen molar-refractivity contribution in [2.24, 2.45) is 5.92 Å². The summed E-state index contributed by atoms with van der Waals surface area (Å²) in [5.74, 6) is 0.142. The molecule has 0 aliphatic heterocycles. The van der Waals surface area contributed by atoms with Crippen LogP contribution < -0.4 is 0 Å². The van der Waals surface area contributed by atoms with Gasteiger partial charge in [0.1, 0.15) is 0 Å². The van der Waals surface area contributed by atoms with Crippen LogP contribution in [0.25, 0.3) is 11.1 Å². The Morgan fingerprint density at radius 1 is 1.25 bits per heavy atom. The second-order valence-corrected chi connectivity index (χ2v) is 6.78. The molecule has 3 rings (SSSR count). The lowest BCUT2D eigenvalue weighted by Gasteiger charge is -2.23. The average Bonchev–Trinajstić information content (AvgIpc) is 2.99. The van der Waals surface area contributed by atoms with Crippen molar-refractivity contribution < 1.29 is 9.90 Å². The molecule has 1 saturated carbocycles. The Labute approximate surface area is 143 Å². The van der Waals surface area contributed by atoms with E-state index < -0.39 is 0 Å². The molecule has 1 aliphatic carbocycles. The number of aliphatic hydroxyl groups excluding tert-OH is 1. The zero-order chi connectivity index (χ0) is 17.1. The lowest BCUT2D eigenvalue weighted by atomic mass is 10.0. The molecule has 1 amide bonds. The summed E-state index contributed by atoms with van der Waals surface area (Å²) in [7, 11) is 1.80. The van der Waals surface area contributed by atoms with Crippen LogP contribution in [0.3, 0.4) is 0 Å². The van der Waals surface area contributed by atoms with E-state index in [1.165, 1.54) is 5.56 Å². The summed E-state index contributed by atoms with van der Waals surface area (Å²) in [5, 5.41) is 9.96. The molecule has 4 heteroatoms. The first-order chi connectivity index (χ1) is 11.5. The molecule has 126 valence electrons.